The summed E-state index contributed by atoms with van der Waals surface area (Å²) in [6, 6.07) is 0. The number of phosphoric ester groups is 2. The van der Waals surface area contributed by atoms with Gasteiger partial charge in [0.15, 0.2) is 12.2 Å². The van der Waals surface area contributed by atoms with Gasteiger partial charge in [-0.25, -0.2) is 9.13 Å². The Morgan fingerprint density at radius 1 is 0.325 bits per heavy atom. The molecule has 0 amide bonds. The second-order valence-corrected chi connectivity index (χ2v) is 26.5. The lowest BCUT2D eigenvalue weighted by Gasteiger charge is -2.21. The average molecular weight is 1230 g/mol. The van der Waals surface area contributed by atoms with Crippen molar-refractivity contribution in [2.24, 2.45) is 5.92 Å². The smallest absolute Gasteiger partial charge is 0.462 e. The van der Waals surface area contributed by atoms with Crippen LogP contribution in [0.4, 0.5) is 0 Å². The lowest BCUT2D eigenvalue weighted by Crippen LogP contribution is -2.30. The van der Waals surface area contributed by atoms with Gasteiger partial charge in [0, 0.05) is 25.7 Å². The van der Waals surface area contributed by atoms with E-state index >= 15 is 0 Å². The van der Waals surface area contributed by atoms with Gasteiger partial charge in [0.25, 0.3) is 0 Å². The molecule has 0 aromatic rings. The highest BCUT2D eigenvalue weighted by molar-refractivity contribution is 7.47. The fourth-order valence-electron chi connectivity index (χ4n) is 9.58. The summed E-state index contributed by atoms with van der Waals surface area (Å²) in [5.41, 5.74) is 0. The first-order valence-corrected chi connectivity index (χ1v) is 36.6. The van der Waals surface area contributed by atoms with Gasteiger partial charge in [-0.05, 0) is 31.6 Å². The quantitative estimate of drug-likeness (QED) is 0.0222. The third-order valence-electron chi connectivity index (χ3n) is 14.8. The number of ether oxygens (including phenoxy) is 4. The molecule has 0 aliphatic carbocycles. The Labute approximate surface area is 505 Å². The van der Waals surface area contributed by atoms with Gasteiger partial charge in [-0.1, -0.05) is 272 Å². The van der Waals surface area contributed by atoms with Gasteiger partial charge < -0.3 is 33.8 Å². The molecular weight excluding hydrogens is 1100 g/mol. The van der Waals surface area contributed by atoms with Crippen LogP contribution < -0.4 is 0 Å². The molecule has 0 aromatic carbocycles. The largest absolute Gasteiger partial charge is 0.472 e. The van der Waals surface area contributed by atoms with Crippen molar-refractivity contribution in [1.29, 1.82) is 0 Å². The molecule has 83 heavy (non-hydrogen) atoms. The Balaban J connectivity index is 5.19. The van der Waals surface area contributed by atoms with E-state index in [-0.39, 0.29) is 25.7 Å². The fourth-order valence-corrected chi connectivity index (χ4v) is 11.2. The molecule has 5 atom stereocenters. The van der Waals surface area contributed by atoms with E-state index in [9.17, 15) is 43.2 Å². The molecule has 3 N–H and O–H groups in total. The Bertz CT molecular complexity index is 1620. The first kappa shape index (κ1) is 81.1. The van der Waals surface area contributed by atoms with Gasteiger partial charge in [0.1, 0.15) is 19.3 Å². The maximum absolute atomic E-state index is 13.0. The standard InChI is InChI=1S/C64H124O17P2/c1-6-9-12-15-18-21-25-29-34-38-43-48-62(67)75-54-60(81-64(69)50-45-40-35-30-27-24-22-23-26-28-31-36-41-46-57(4)5)56-79-83(72,73)77-52-58(65)51-76-82(70,71)78-55-59(80-63(68)49-44-39-33-20-17-14-11-8-3)53-74-61(66)47-42-37-32-19-16-13-10-7-2/h57-60,65H,6-56H2,1-5H3,(H,70,71)(H,72,73)/t58-,59+,60+/m0/s1. The van der Waals surface area contributed by atoms with Crippen molar-refractivity contribution in [3.63, 3.8) is 0 Å². The van der Waals surface area contributed by atoms with Gasteiger partial charge in [-0.15, -0.1) is 0 Å². The summed E-state index contributed by atoms with van der Waals surface area (Å²) in [4.78, 5) is 72.1. The first-order chi connectivity index (χ1) is 40.0. The fraction of sp³-hybridized carbons (Fsp3) is 0.938. The molecule has 0 saturated carbocycles. The van der Waals surface area contributed by atoms with E-state index in [0.29, 0.717) is 25.7 Å². The minimum Gasteiger partial charge on any atom is -0.462 e. The Morgan fingerprint density at radius 3 is 0.819 bits per heavy atom. The van der Waals surface area contributed by atoms with Crippen LogP contribution in [0.15, 0.2) is 0 Å². The highest BCUT2D eigenvalue weighted by atomic mass is 31.2. The third kappa shape index (κ3) is 58.8. The van der Waals surface area contributed by atoms with E-state index in [1.54, 1.807) is 0 Å². The molecule has 0 bridgehead atoms. The number of aliphatic hydroxyl groups is 1. The van der Waals surface area contributed by atoms with E-state index in [1.807, 2.05) is 0 Å². The molecule has 17 nitrogen and oxygen atoms in total. The van der Waals surface area contributed by atoms with Crippen molar-refractivity contribution in [3.05, 3.63) is 0 Å². The van der Waals surface area contributed by atoms with Gasteiger partial charge >= 0.3 is 39.5 Å². The number of aliphatic hydroxyl groups excluding tert-OH is 1. The van der Waals surface area contributed by atoms with Crippen molar-refractivity contribution in [1.82, 2.24) is 0 Å². The number of carbonyl (C=O) groups excluding carboxylic acids is 4. The number of phosphoric acid groups is 2. The molecule has 0 spiro atoms. The maximum Gasteiger partial charge on any atom is 0.472 e. The van der Waals surface area contributed by atoms with Crippen LogP contribution in [-0.2, 0) is 65.4 Å². The van der Waals surface area contributed by atoms with Crippen LogP contribution in [0, 0.1) is 5.92 Å². The van der Waals surface area contributed by atoms with Gasteiger partial charge in [-0.3, -0.25) is 37.3 Å². The van der Waals surface area contributed by atoms with Crippen LogP contribution in [0.3, 0.4) is 0 Å². The average Bonchev–Trinajstić information content (AvgIpc) is 3.50. The zero-order valence-corrected chi connectivity index (χ0v) is 55.1. The Hall–Kier alpha value is -1.94. The van der Waals surface area contributed by atoms with E-state index in [0.717, 1.165) is 109 Å². The van der Waals surface area contributed by atoms with Crippen LogP contribution in [0.2, 0.25) is 0 Å². The highest BCUT2D eigenvalue weighted by Crippen LogP contribution is 2.45. The minimum atomic E-state index is -4.94. The summed E-state index contributed by atoms with van der Waals surface area (Å²) in [6.45, 7) is 7.16. The predicted molar refractivity (Wildman–Crippen MR) is 331 cm³/mol. The number of unbranched alkanes of at least 4 members (excludes halogenated alkanes) is 36. The third-order valence-corrected chi connectivity index (χ3v) is 16.7. The van der Waals surface area contributed by atoms with E-state index in [2.05, 4.69) is 34.6 Å². The van der Waals surface area contributed by atoms with Crippen LogP contribution in [-0.4, -0.2) is 96.7 Å². The van der Waals surface area contributed by atoms with Crippen molar-refractivity contribution in [2.45, 2.75) is 342 Å². The molecule has 19 heteroatoms. The van der Waals surface area contributed by atoms with Crippen LogP contribution in [0.25, 0.3) is 0 Å². The summed E-state index contributed by atoms with van der Waals surface area (Å²) in [5.74, 6) is -1.35. The predicted octanol–water partition coefficient (Wildman–Crippen LogP) is 17.8. The zero-order valence-electron chi connectivity index (χ0n) is 53.3. The molecule has 0 aliphatic rings. The summed E-state index contributed by atoms with van der Waals surface area (Å²) in [6.07, 6.45) is 41.7. The molecule has 492 valence electrons. The Morgan fingerprint density at radius 2 is 0.554 bits per heavy atom. The molecule has 0 aromatic heterocycles. The van der Waals surface area contributed by atoms with Crippen molar-refractivity contribution in [2.75, 3.05) is 39.6 Å². The normalized spacial score (nSPS) is 14.2. The number of carbonyl (C=O) groups is 4. The maximum atomic E-state index is 13.0. The van der Waals surface area contributed by atoms with Crippen LogP contribution in [0.5, 0.6) is 0 Å². The molecule has 0 fully saturated rings. The van der Waals surface area contributed by atoms with Crippen molar-refractivity contribution < 1.29 is 80.2 Å². The second-order valence-electron chi connectivity index (χ2n) is 23.6. The zero-order chi connectivity index (χ0) is 61.3. The number of hydrogen-bond donors (Lipinski definition) is 3. The summed E-state index contributed by atoms with van der Waals surface area (Å²) >= 11 is 0. The second kappa shape index (κ2) is 57.8. The summed E-state index contributed by atoms with van der Waals surface area (Å²) < 4.78 is 67.9. The van der Waals surface area contributed by atoms with Gasteiger partial charge in [-0.2, -0.15) is 0 Å². The van der Waals surface area contributed by atoms with E-state index < -0.39 is 97.5 Å². The van der Waals surface area contributed by atoms with E-state index in [1.165, 1.54) is 135 Å². The molecule has 2 unspecified atom stereocenters. The number of esters is 4. The van der Waals surface area contributed by atoms with Gasteiger partial charge in [0.05, 0.1) is 26.4 Å². The highest BCUT2D eigenvalue weighted by Gasteiger charge is 2.30. The lowest BCUT2D eigenvalue weighted by molar-refractivity contribution is -0.161. The van der Waals surface area contributed by atoms with Crippen molar-refractivity contribution >= 4 is 39.5 Å². The summed E-state index contributed by atoms with van der Waals surface area (Å²) in [5, 5.41) is 10.5. The number of rotatable bonds is 64. The molecule has 0 radical (unpaired) electrons. The monoisotopic (exact) mass is 1230 g/mol. The molecule has 0 saturated heterocycles. The van der Waals surface area contributed by atoms with Crippen LogP contribution in [0.1, 0.15) is 324 Å². The Kier molecular flexibility index (Phi) is 56.4. The van der Waals surface area contributed by atoms with Gasteiger partial charge in [0.2, 0.25) is 0 Å². The SMILES string of the molecule is CCCCCCCCCCCCCC(=O)OC[C@H](COP(=O)(O)OC[C@@H](O)COP(=O)(O)OC[C@@H](COC(=O)CCCCCCCCCC)OC(=O)CCCCCCCCCC)OC(=O)CCCCCCCCCCCCCCCC(C)C. The number of hydrogen-bond acceptors (Lipinski definition) is 15. The van der Waals surface area contributed by atoms with Crippen LogP contribution >= 0.6 is 15.6 Å². The molecule has 0 rings (SSSR count). The first-order valence-electron chi connectivity index (χ1n) is 33.6. The lowest BCUT2D eigenvalue weighted by atomic mass is 10.0. The minimum absolute atomic E-state index is 0.105. The van der Waals surface area contributed by atoms with E-state index in [4.69, 9.17) is 37.0 Å². The molecular formula is C64H124O17P2. The topological polar surface area (TPSA) is 237 Å². The molecule has 0 heterocycles. The van der Waals surface area contributed by atoms with Crippen molar-refractivity contribution in [3.8, 4) is 0 Å². The molecule has 0 aliphatic heterocycles. The summed E-state index contributed by atoms with van der Waals surface area (Å²) in [7, 11) is -9.88.